The van der Waals surface area contributed by atoms with Gasteiger partial charge in [-0.1, -0.05) is 0 Å². The van der Waals surface area contributed by atoms with Gasteiger partial charge in [0.1, 0.15) is 0 Å². The molecular weight excluding hydrogens is 148 g/mol. The molecule has 4 heteroatoms. The summed E-state index contributed by atoms with van der Waals surface area (Å²) in [5.74, 6) is -8.50. The molecule has 2 radical (unpaired) electrons. The average molecular weight is 154 g/mol. The van der Waals surface area contributed by atoms with Gasteiger partial charge in [-0.25, -0.2) is 0 Å². The predicted octanol–water partition coefficient (Wildman–Crippen LogP) is 2.46. The number of alkyl halides is 4. The van der Waals surface area contributed by atoms with Crippen LogP contribution in [-0.2, 0) is 0 Å². The fourth-order valence-corrected chi connectivity index (χ4v) is 0.635. The molecule has 0 aromatic heterocycles. The molecule has 0 aromatic rings. The Morgan fingerprint density at radius 3 is 1.60 bits per heavy atom. The molecule has 0 spiro atoms. The normalized spacial score (nSPS) is 21.3. The predicted molar refractivity (Wildman–Crippen MR) is 27.7 cm³/mol. The molecule has 0 aliphatic heterocycles. The highest BCUT2D eigenvalue weighted by Crippen LogP contribution is 2.52. The molecule has 1 saturated carbocycles. The first-order valence-electron chi connectivity index (χ1n) is 2.82. The molecule has 0 saturated heterocycles. The summed E-state index contributed by atoms with van der Waals surface area (Å²) in [6, 6.07) is 0. The first kappa shape index (κ1) is 7.82. The Morgan fingerprint density at radius 2 is 1.50 bits per heavy atom. The maximum atomic E-state index is 12.3. The van der Waals surface area contributed by atoms with Gasteiger partial charge in [-0.05, 0) is 12.8 Å². The maximum Gasteiger partial charge on any atom is 0.316 e. The summed E-state index contributed by atoms with van der Waals surface area (Å²) in [5.41, 5.74) is 0. The largest absolute Gasteiger partial charge is 0.316 e. The summed E-state index contributed by atoms with van der Waals surface area (Å²) >= 11 is 0. The molecule has 0 unspecified atom stereocenters. The van der Waals surface area contributed by atoms with Crippen LogP contribution < -0.4 is 0 Å². The number of rotatable bonds is 2. The van der Waals surface area contributed by atoms with Gasteiger partial charge in [0.15, 0.2) is 0 Å². The standard InChI is InChI=1S/C6H6F4/c1-5(7,8)6(9,10)4-2-3-4/h1-3H2. The molecule has 0 aromatic carbocycles. The highest BCUT2D eigenvalue weighted by molar-refractivity contribution is 5.20. The summed E-state index contributed by atoms with van der Waals surface area (Å²) < 4.78 is 48.4. The van der Waals surface area contributed by atoms with Gasteiger partial charge >= 0.3 is 11.8 Å². The van der Waals surface area contributed by atoms with Gasteiger partial charge in [0, 0.05) is 6.92 Å². The zero-order valence-corrected chi connectivity index (χ0v) is 5.13. The number of halogens is 4. The van der Waals surface area contributed by atoms with Gasteiger partial charge in [0.05, 0.1) is 5.92 Å². The SMILES string of the molecule is [CH2]C(F)(F)C(F)(F)[C]1CC1. The van der Waals surface area contributed by atoms with Crippen LogP contribution in [0.15, 0.2) is 0 Å². The van der Waals surface area contributed by atoms with E-state index in [1.54, 1.807) is 0 Å². The first-order chi connectivity index (χ1) is 4.36. The zero-order valence-electron chi connectivity index (χ0n) is 5.13. The van der Waals surface area contributed by atoms with Crippen LogP contribution >= 0.6 is 0 Å². The van der Waals surface area contributed by atoms with E-state index in [1.165, 1.54) is 0 Å². The Hall–Kier alpha value is -0.280. The highest BCUT2D eigenvalue weighted by atomic mass is 19.3. The van der Waals surface area contributed by atoms with Crippen LogP contribution in [-0.4, -0.2) is 11.8 Å². The van der Waals surface area contributed by atoms with Crippen LogP contribution in [0.25, 0.3) is 0 Å². The van der Waals surface area contributed by atoms with Crippen molar-refractivity contribution in [3.8, 4) is 0 Å². The van der Waals surface area contributed by atoms with Crippen molar-refractivity contribution in [2.45, 2.75) is 24.7 Å². The van der Waals surface area contributed by atoms with Gasteiger partial charge < -0.3 is 0 Å². The van der Waals surface area contributed by atoms with Crippen LogP contribution in [0.3, 0.4) is 0 Å². The van der Waals surface area contributed by atoms with Crippen molar-refractivity contribution < 1.29 is 17.6 Å². The van der Waals surface area contributed by atoms with E-state index in [0.717, 1.165) is 0 Å². The van der Waals surface area contributed by atoms with Crippen molar-refractivity contribution in [2.24, 2.45) is 0 Å². The summed E-state index contributed by atoms with van der Waals surface area (Å²) in [4.78, 5) is 0. The van der Waals surface area contributed by atoms with E-state index >= 15 is 0 Å². The first-order valence-corrected chi connectivity index (χ1v) is 2.82. The van der Waals surface area contributed by atoms with Crippen LogP contribution in [0.1, 0.15) is 12.8 Å². The van der Waals surface area contributed by atoms with Crippen molar-refractivity contribution in [1.82, 2.24) is 0 Å². The van der Waals surface area contributed by atoms with Gasteiger partial charge in [0.2, 0.25) is 0 Å². The fourth-order valence-electron chi connectivity index (χ4n) is 0.635. The quantitative estimate of drug-likeness (QED) is 0.536. The molecular formula is C6H6F4. The van der Waals surface area contributed by atoms with E-state index in [0.29, 0.717) is 0 Å². The monoisotopic (exact) mass is 154 g/mol. The van der Waals surface area contributed by atoms with Crippen LogP contribution in [0, 0.1) is 12.8 Å². The second kappa shape index (κ2) is 1.86. The zero-order chi connectivity index (χ0) is 7.99. The highest BCUT2D eigenvalue weighted by Gasteiger charge is 2.61. The molecule has 58 valence electrons. The van der Waals surface area contributed by atoms with Crippen molar-refractivity contribution >= 4 is 0 Å². The van der Waals surface area contributed by atoms with Crippen LogP contribution in [0.2, 0.25) is 0 Å². The third-order valence-electron chi connectivity index (χ3n) is 1.40. The molecule has 0 amide bonds. The molecule has 0 bridgehead atoms. The lowest BCUT2D eigenvalue weighted by Crippen LogP contribution is -2.38. The molecule has 0 heterocycles. The topological polar surface area (TPSA) is 0 Å². The Bertz CT molecular complexity index is 131. The van der Waals surface area contributed by atoms with E-state index in [9.17, 15) is 17.6 Å². The molecule has 10 heavy (non-hydrogen) atoms. The lowest BCUT2D eigenvalue weighted by molar-refractivity contribution is -0.163. The Labute approximate surface area is 56.2 Å². The summed E-state index contributed by atoms with van der Waals surface area (Å²) in [6.45, 7) is 2.10. The molecule has 0 nitrogen and oxygen atoms in total. The molecule has 1 rings (SSSR count). The van der Waals surface area contributed by atoms with E-state index < -0.39 is 11.8 Å². The second-order valence-corrected chi connectivity index (χ2v) is 2.38. The number of hydrogen-bond acceptors (Lipinski definition) is 0. The van der Waals surface area contributed by atoms with Gasteiger partial charge in [0.25, 0.3) is 0 Å². The third-order valence-corrected chi connectivity index (χ3v) is 1.40. The Morgan fingerprint density at radius 1 is 1.10 bits per heavy atom. The van der Waals surface area contributed by atoms with E-state index in [-0.39, 0.29) is 18.8 Å². The van der Waals surface area contributed by atoms with E-state index in [1.807, 2.05) is 0 Å². The van der Waals surface area contributed by atoms with Gasteiger partial charge in [-0.15, -0.1) is 0 Å². The summed E-state index contributed by atoms with van der Waals surface area (Å²) in [5, 5.41) is 0. The lowest BCUT2D eigenvalue weighted by atomic mass is 10.1. The van der Waals surface area contributed by atoms with Crippen LogP contribution in [0.5, 0.6) is 0 Å². The number of hydrogen-bond donors (Lipinski definition) is 0. The third kappa shape index (κ3) is 1.11. The minimum absolute atomic E-state index is 0.109. The molecule has 1 aliphatic rings. The van der Waals surface area contributed by atoms with E-state index in [2.05, 4.69) is 6.92 Å². The molecule has 0 atom stereocenters. The van der Waals surface area contributed by atoms with Crippen LogP contribution in [0.4, 0.5) is 17.6 Å². The molecule has 0 N–H and O–H groups in total. The van der Waals surface area contributed by atoms with Crippen molar-refractivity contribution in [3.05, 3.63) is 12.8 Å². The van der Waals surface area contributed by atoms with Crippen molar-refractivity contribution in [3.63, 3.8) is 0 Å². The summed E-state index contributed by atoms with van der Waals surface area (Å²) in [6.07, 6.45) is 0.218. The smallest absolute Gasteiger partial charge is 0.200 e. The molecule has 1 fully saturated rings. The lowest BCUT2D eigenvalue weighted by Gasteiger charge is -2.21. The van der Waals surface area contributed by atoms with Crippen molar-refractivity contribution in [1.29, 1.82) is 0 Å². The van der Waals surface area contributed by atoms with Gasteiger partial charge in [-0.3, -0.25) is 0 Å². The second-order valence-electron chi connectivity index (χ2n) is 2.38. The summed E-state index contributed by atoms with van der Waals surface area (Å²) in [7, 11) is 0. The Kier molecular flexibility index (Phi) is 1.45. The van der Waals surface area contributed by atoms with Crippen molar-refractivity contribution in [2.75, 3.05) is 0 Å². The molecule has 1 aliphatic carbocycles. The minimum Gasteiger partial charge on any atom is -0.200 e. The van der Waals surface area contributed by atoms with E-state index in [4.69, 9.17) is 0 Å². The minimum atomic E-state index is -4.14. The maximum absolute atomic E-state index is 12.3. The fraction of sp³-hybridized carbons (Fsp3) is 0.667. The average Bonchev–Trinajstić information content (AvgIpc) is 2.38. The van der Waals surface area contributed by atoms with Gasteiger partial charge in [-0.2, -0.15) is 17.6 Å². The Balaban J connectivity index is 2.66.